The van der Waals surface area contributed by atoms with Crippen molar-refractivity contribution < 1.29 is 9.53 Å². The van der Waals surface area contributed by atoms with Gasteiger partial charge in [-0.1, -0.05) is 67.6 Å². The molecule has 38 heavy (non-hydrogen) atoms. The summed E-state index contributed by atoms with van der Waals surface area (Å²) in [5, 5.41) is 15.3. The number of hydrazone groups is 1. The minimum atomic E-state index is 0.0000220. The molecule has 1 aromatic rings. The largest absolute Gasteiger partial charge is 0.495 e. The van der Waals surface area contributed by atoms with Crippen LogP contribution in [0.15, 0.2) is 78.1 Å². The van der Waals surface area contributed by atoms with E-state index < -0.39 is 0 Å². The Balaban J connectivity index is 0.000000436. The Morgan fingerprint density at radius 2 is 2.00 bits per heavy atom. The van der Waals surface area contributed by atoms with Gasteiger partial charge < -0.3 is 15.4 Å². The molecular weight excluding hydrogens is 523 g/mol. The zero-order valence-corrected chi connectivity index (χ0v) is 23.3. The maximum Gasteiger partial charge on any atom is 0.223 e. The van der Waals surface area contributed by atoms with E-state index in [-0.39, 0.29) is 18.1 Å². The second-order valence-electron chi connectivity index (χ2n) is 8.77. The molecule has 2 N–H and O–H groups in total. The molecule has 3 aliphatic rings. The fraction of sp³-hybridized carbons (Fsp3) is 0.393. The van der Waals surface area contributed by atoms with E-state index in [0.717, 1.165) is 57.0 Å². The highest BCUT2D eigenvalue weighted by molar-refractivity contribution is 6.31. The van der Waals surface area contributed by atoms with Crippen molar-refractivity contribution in [2.45, 2.75) is 38.3 Å². The van der Waals surface area contributed by atoms with Crippen LogP contribution >= 0.6 is 23.2 Å². The third kappa shape index (κ3) is 9.90. The molecular formula is C28H36Cl2N6O2. The minimum Gasteiger partial charge on any atom is -0.495 e. The van der Waals surface area contributed by atoms with Gasteiger partial charge in [-0.25, -0.2) is 0 Å². The summed E-state index contributed by atoms with van der Waals surface area (Å²) in [6, 6.07) is 7.72. The van der Waals surface area contributed by atoms with Crippen molar-refractivity contribution >= 4 is 34.8 Å². The van der Waals surface area contributed by atoms with E-state index in [1.165, 1.54) is 6.19 Å². The summed E-state index contributed by atoms with van der Waals surface area (Å²) in [5.74, 6) is 0.222. The maximum absolute atomic E-state index is 12.3. The molecule has 0 aliphatic carbocycles. The number of benzene rings is 1. The van der Waals surface area contributed by atoms with Crippen LogP contribution in [-0.2, 0) is 9.53 Å². The Labute approximate surface area is 235 Å². The molecule has 204 valence electrons. The third-order valence-electron chi connectivity index (χ3n) is 5.88. The van der Waals surface area contributed by atoms with Crippen molar-refractivity contribution in [1.82, 2.24) is 14.8 Å². The number of nitrogens with two attached hydrogens (primary N) is 1. The molecule has 0 aromatic heterocycles. The first kappa shape index (κ1) is 31.0. The average Bonchev–Trinajstić information content (AvgIpc) is 3.48. The molecule has 3 heterocycles. The molecule has 1 amide bonds. The van der Waals surface area contributed by atoms with Crippen molar-refractivity contribution in [2.75, 3.05) is 32.8 Å². The molecule has 8 nitrogen and oxygen atoms in total. The summed E-state index contributed by atoms with van der Waals surface area (Å²) in [4.78, 5) is 16.6. The van der Waals surface area contributed by atoms with E-state index in [2.05, 4.69) is 35.7 Å². The molecule has 2 saturated heterocycles. The zero-order valence-electron chi connectivity index (χ0n) is 21.8. The first-order chi connectivity index (χ1) is 18.3. The molecule has 0 radical (unpaired) electrons. The second kappa shape index (κ2) is 16.6. The van der Waals surface area contributed by atoms with Crippen LogP contribution in [0.3, 0.4) is 0 Å². The summed E-state index contributed by atoms with van der Waals surface area (Å²) in [6.07, 6.45) is 13.0. The van der Waals surface area contributed by atoms with E-state index in [9.17, 15) is 4.79 Å². The molecule has 1 unspecified atom stereocenters. The van der Waals surface area contributed by atoms with Crippen molar-refractivity contribution in [1.29, 1.82) is 5.26 Å². The van der Waals surface area contributed by atoms with Crippen molar-refractivity contribution in [3.63, 3.8) is 0 Å². The monoisotopic (exact) mass is 558 g/mol. The fourth-order valence-corrected chi connectivity index (χ4v) is 4.38. The van der Waals surface area contributed by atoms with E-state index in [4.69, 9.17) is 38.3 Å². The van der Waals surface area contributed by atoms with Crippen LogP contribution < -0.4 is 5.73 Å². The highest BCUT2D eigenvalue weighted by Gasteiger charge is 2.38. The standard InChI is InChI=1S/C21H25ClN4O2.C6H9Cl.CH2N2/c1-2-3-11-28-18-12-24(13-18)15-25-14-19(26-10-4-5-20(26)27)21(23-25)16-6-8-17(22)9-7-16;1-3-4-5-6(2)7;2-1-3/h2-3,6-9,11,18-19H,1,4-5,10,12-15H2;4-5H,2-3H2,1H3;2H2/b11-3+;5-4-;. The Kier molecular flexibility index (Phi) is 13.5. The molecule has 3 aliphatic heterocycles. The SMILES string of the molecule is C=C(Cl)/C=C\CC.C=C/C=C/OC1CN(CN2CC(N3CCCC3=O)C(c3ccc(Cl)cc3)=N2)C1.N#CN. The van der Waals surface area contributed by atoms with Gasteiger partial charge in [-0.2, -0.15) is 10.4 Å². The number of ether oxygens (including phenoxy) is 1. The predicted octanol–water partition coefficient (Wildman–Crippen LogP) is 4.84. The Morgan fingerprint density at radius 3 is 2.53 bits per heavy atom. The number of carbonyl (C=O) groups excluding carboxylic acids is 1. The summed E-state index contributed by atoms with van der Waals surface area (Å²) >= 11 is 11.4. The van der Waals surface area contributed by atoms with Gasteiger partial charge in [0.05, 0.1) is 31.2 Å². The van der Waals surface area contributed by atoms with Gasteiger partial charge in [-0.15, -0.1) is 0 Å². The molecule has 4 rings (SSSR count). The number of carbonyl (C=O) groups is 1. The quantitative estimate of drug-likeness (QED) is 0.201. The predicted molar refractivity (Wildman–Crippen MR) is 154 cm³/mol. The smallest absolute Gasteiger partial charge is 0.223 e. The van der Waals surface area contributed by atoms with E-state index in [1.807, 2.05) is 35.2 Å². The summed E-state index contributed by atoms with van der Waals surface area (Å²) in [7, 11) is 0. The maximum atomic E-state index is 12.3. The topological polar surface area (TPSA) is 98.2 Å². The second-order valence-corrected chi connectivity index (χ2v) is 9.70. The highest BCUT2D eigenvalue weighted by Crippen LogP contribution is 2.25. The van der Waals surface area contributed by atoms with Crippen molar-refractivity contribution in [2.24, 2.45) is 10.8 Å². The number of allylic oxidation sites excluding steroid dienone is 5. The van der Waals surface area contributed by atoms with Crippen LogP contribution in [0.5, 0.6) is 0 Å². The normalized spacial score (nSPS) is 19.3. The van der Waals surface area contributed by atoms with E-state index >= 15 is 0 Å². The molecule has 1 atom stereocenters. The van der Waals surface area contributed by atoms with E-state index in [0.29, 0.717) is 16.5 Å². The van der Waals surface area contributed by atoms with Crippen molar-refractivity contribution in [3.8, 4) is 6.19 Å². The number of amides is 1. The molecule has 1 aromatic carbocycles. The number of likely N-dealkylation sites (tertiary alicyclic amines) is 2. The lowest BCUT2D eigenvalue weighted by Crippen LogP contribution is -2.55. The first-order valence-corrected chi connectivity index (χ1v) is 13.2. The zero-order chi connectivity index (χ0) is 27.9. The molecule has 0 bridgehead atoms. The van der Waals surface area contributed by atoms with Gasteiger partial charge in [0.25, 0.3) is 0 Å². The van der Waals surface area contributed by atoms with Gasteiger partial charge in [-0.3, -0.25) is 14.7 Å². The van der Waals surface area contributed by atoms with Crippen LogP contribution in [0.1, 0.15) is 31.7 Å². The Morgan fingerprint density at radius 1 is 1.32 bits per heavy atom. The van der Waals surface area contributed by atoms with Gasteiger partial charge >= 0.3 is 0 Å². The lowest BCUT2D eigenvalue weighted by Gasteiger charge is -2.39. The number of nitriles is 1. The first-order valence-electron chi connectivity index (χ1n) is 12.5. The minimum absolute atomic E-state index is 0.0000220. The van der Waals surface area contributed by atoms with Crippen LogP contribution in [-0.4, -0.2) is 71.4 Å². The van der Waals surface area contributed by atoms with Crippen LogP contribution in [0, 0.1) is 11.5 Å². The Bertz CT molecular complexity index is 1060. The number of hydrogen-bond acceptors (Lipinski definition) is 7. The van der Waals surface area contributed by atoms with E-state index in [1.54, 1.807) is 24.5 Å². The van der Waals surface area contributed by atoms with Crippen LogP contribution in [0.25, 0.3) is 0 Å². The van der Waals surface area contributed by atoms with Gasteiger partial charge in [0.2, 0.25) is 5.91 Å². The lowest BCUT2D eigenvalue weighted by atomic mass is 10.0. The van der Waals surface area contributed by atoms with Crippen LogP contribution in [0.4, 0.5) is 0 Å². The van der Waals surface area contributed by atoms with Gasteiger partial charge in [0.1, 0.15) is 6.10 Å². The number of rotatable bonds is 9. The van der Waals surface area contributed by atoms with Gasteiger partial charge in [-0.05, 0) is 37.1 Å². The highest BCUT2D eigenvalue weighted by atomic mass is 35.5. The fourth-order valence-electron chi connectivity index (χ4n) is 4.16. The summed E-state index contributed by atoms with van der Waals surface area (Å²) in [6.45, 7) is 13.2. The summed E-state index contributed by atoms with van der Waals surface area (Å²) in [5.41, 5.74) is 6.13. The number of hydrogen-bond donors (Lipinski definition) is 1. The molecule has 0 saturated carbocycles. The van der Waals surface area contributed by atoms with Crippen LogP contribution in [0.2, 0.25) is 5.02 Å². The molecule has 10 heteroatoms. The van der Waals surface area contributed by atoms with Gasteiger partial charge in [0.15, 0.2) is 6.19 Å². The Hall–Kier alpha value is -3.25. The molecule has 0 spiro atoms. The van der Waals surface area contributed by atoms with Gasteiger partial charge in [0, 0.05) is 41.7 Å². The lowest BCUT2D eigenvalue weighted by molar-refractivity contribution is -0.128. The third-order valence-corrected chi connectivity index (χ3v) is 6.26. The number of nitrogens with zero attached hydrogens (tertiary/aromatic N) is 5. The number of halogens is 2. The van der Waals surface area contributed by atoms with Crippen molar-refractivity contribution in [3.05, 3.63) is 83.6 Å². The summed E-state index contributed by atoms with van der Waals surface area (Å²) < 4.78 is 5.62. The molecule has 2 fully saturated rings. The average molecular weight is 560 g/mol.